The number of aromatic nitrogens is 2. The van der Waals surface area contributed by atoms with Gasteiger partial charge in [-0.05, 0) is 95.7 Å². The van der Waals surface area contributed by atoms with Crippen molar-refractivity contribution in [3.63, 3.8) is 0 Å². The highest BCUT2D eigenvalue weighted by Crippen LogP contribution is 2.60. The molecule has 0 aliphatic rings. The lowest BCUT2D eigenvalue weighted by molar-refractivity contribution is -0.0118. The van der Waals surface area contributed by atoms with E-state index in [4.69, 9.17) is 6.58 Å². The molecule has 2 rings (SSSR count). The molecular formula is C40H71N3S. The van der Waals surface area contributed by atoms with Crippen molar-refractivity contribution >= 4 is 12.6 Å². The zero-order valence-electron chi connectivity index (χ0n) is 31.2. The minimum Gasteiger partial charge on any atom is -0.337 e. The Bertz CT molecular complexity index is 1070. The number of imidazole rings is 1. The van der Waals surface area contributed by atoms with Crippen LogP contribution in [-0.2, 0) is 12.3 Å². The maximum atomic E-state index is 4.78. The maximum absolute atomic E-state index is 4.78. The van der Waals surface area contributed by atoms with Gasteiger partial charge in [0.25, 0.3) is 0 Å². The zero-order chi connectivity index (χ0) is 33.8. The molecule has 0 aliphatic heterocycles. The number of aryl methyl sites for hydroxylation is 1. The Morgan fingerprint density at radius 3 is 1.98 bits per heavy atom. The molecule has 2 atom stereocenters. The maximum Gasteiger partial charge on any atom is 0.0945 e. The van der Waals surface area contributed by atoms with Crippen LogP contribution in [0.3, 0.4) is 0 Å². The van der Waals surface area contributed by atoms with E-state index in [9.17, 15) is 0 Å². The summed E-state index contributed by atoms with van der Waals surface area (Å²) in [6.45, 7) is 39.0. The predicted molar refractivity (Wildman–Crippen MR) is 200 cm³/mol. The van der Waals surface area contributed by atoms with Gasteiger partial charge in [-0.25, -0.2) is 4.98 Å². The number of allylic oxidation sites excluding steroid dienone is 1. The monoisotopic (exact) mass is 626 g/mol. The van der Waals surface area contributed by atoms with Crippen LogP contribution in [0.2, 0.25) is 0 Å². The van der Waals surface area contributed by atoms with E-state index >= 15 is 0 Å². The number of nitrogens with zero attached hydrogens (tertiary/aromatic N) is 2. The van der Waals surface area contributed by atoms with Gasteiger partial charge in [0.1, 0.15) is 0 Å². The summed E-state index contributed by atoms with van der Waals surface area (Å²) in [5.74, 6) is 1.24. The third kappa shape index (κ3) is 11.7. The van der Waals surface area contributed by atoms with Crippen LogP contribution >= 0.6 is 12.6 Å². The molecule has 0 fully saturated rings. The molecule has 2 unspecified atom stereocenters. The molecular weight excluding hydrogens is 555 g/mol. The Labute approximate surface area is 279 Å². The van der Waals surface area contributed by atoms with Crippen LogP contribution in [0.4, 0.5) is 0 Å². The molecule has 0 amide bonds. The van der Waals surface area contributed by atoms with E-state index in [1.807, 2.05) is 32.6 Å². The second-order valence-corrected chi connectivity index (χ2v) is 16.9. The van der Waals surface area contributed by atoms with E-state index in [2.05, 4.69) is 128 Å². The molecule has 0 bridgehead atoms. The second kappa shape index (κ2) is 17.4. The van der Waals surface area contributed by atoms with Crippen LogP contribution in [0, 0.1) is 27.1 Å². The van der Waals surface area contributed by atoms with Gasteiger partial charge in [0, 0.05) is 24.7 Å². The Kier molecular flexibility index (Phi) is 16.0. The number of hydrogen-bond acceptors (Lipinski definition) is 3. The highest BCUT2D eigenvalue weighted by Gasteiger charge is 2.51. The van der Waals surface area contributed by atoms with Crippen molar-refractivity contribution in [3.8, 4) is 0 Å². The molecule has 0 spiro atoms. The molecule has 44 heavy (non-hydrogen) atoms. The van der Waals surface area contributed by atoms with Gasteiger partial charge in [0.05, 0.1) is 6.33 Å². The van der Waals surface area contributed by atoms with Crippen molar-refractivity contribution in [2.45, 2.75) is 147 Å². The summed E-state index contributed by atoms with van der Waals surface area (Å²) in [7, 11) is 0. The smallest absolute Gasteiger partial charge is 0.0945 e. The number of unbranched alkanes of at least 4 members (excludes halogenated alkanes) is 1. The first-order valence-electron chi connectivity index (χ1n) is 17.4. The van der Waals surface area contributed by atoms with Gasteiger partial charge >= 0.3 is 0 Å². The van der Waals surface area contributed by atoms with Gasteiger partial charge in [0.15, 0.2) is 0 Å². The lowest BCUT2D eigenvalue weighted by Crippen LogP contribution is -2.46. The first-order valence-corrected chi connectivity index (χ1v) is 18.0. The summed E-state index contributed by atoms with van der Waals surface area (Å²) in [6, 6.07) is 9.29. The molecule has 0 saturated carbocycles. The number of benzene rings is 1. The molecule has 0 radical (unpaired) electrons. The quantitative estimate of drug-likeness (QED) is 0.104. The standard InChI is InChI=1S/C38H65N3S.C2H6/c1-30(16-13-14-21-39-22-15-24-41-25-23-40-29-41)38(12,35(5,6)7)28-36(8,9)37(10,11)33(26-34(2,3)4)32-19-17-31(27-42)18-20-32;1-2/h17-20,23,25,29,33,39,42H,1,13-16,21-22,24,26-28H2,2-12H3;1-2H3. The fraction of sp³-hybridized carbons (Fsp3) is 0.725. The van der Waals surface area contributed by atoms with Crippen LogP contribution in [-0.4, -0.2) is 22.6 Å². The van der Waals surface area contributed by atoms with Crippen LogP contribution < -0.4 is 5.32 Å². The fourth-order valence-corrected chi connectivity index (χ4v) is 6.77. The minimum absolute atomic E-state index is 0.0359. The molecule has 3 nitrogen and oxygen atoms in total. The topological polar surface area (TPSA) is 29.9 Å². The largest absolute Gasteiger partial charge is 0.337 e. The summed E-state index contributed by atoms with van der Waals surface area (Å²) in [5, 5.41) is 3.63. The van der Waals surface area contributed by atoms with Gasteiger partial charge in [0.2, 0.25) is 0 Å². The van der Waals surface area contributed by atoms with Crippen LogP contribution in [0.15, 0.2) is 55.1 Å². The normalized spacial score (nSPS) is 14.9. The van der Waals surface area contributed by atoms with Crippen LogP contribution in [0.5, 0.6) is 0 Å². The van der Waals surface area contributed by atoms with Crippen molar-refractivity contribution in [2.24, 2.45) is 27.1 Å². The number of nitrogens with one attached hydrogen (secondary N) is 1. The van der Waals surface area contributed by atoms with E-state index in [-0.39, 0.29) is 27.1 Å². The van der Waals surface area contributed by atoms with E-state index in [1.54, 1.807) is 0 Å². The van der Waals surface area contributed by atoms with Gasteiger partial charge in [-0.15, -0.1) is 0 Å². The van der Waals surface area contributed by atoms with E-state index in [0.717, 1.165) is 51.1 Å². The number of rotatable bonds is 17. The summed E-state index contributed by atoms with van der Waals surface area (Å²) in [5.41, 5.74) is 4.74. The van der Waals surface area contributed by atoms with Gasteiger partial charge in [-0.1, -0.05) is 126 Å². The molecule has 0 aliphatic carbocycles. The molecule has 1 N–H and O–H groups in total. The van der Waals surface area contributed by atoms with Gasteiger partial charge in [-0.2, -0.15) is 12.6 Å². The molecule has 252 valence electrons. The van der Waals surface area contributed by atoms with Crippen molar-refractivity contribution in [2.75, 3.05) is 13.1 Å². The molecule has 2 aromatic rings. The molecule has 0 saturated heterocycles. The highest BCUT2D eigenvalue weighted by molar-refractivity contribution is 7.79. The lowest BCUT2D eigenvalue weighted by Gasteiger charge is -2.55. The van der Waals surface area contributed by atoms with E-state index in [1.165, 1.54) is 29.5 Å². The van der Waals surface area contributed by atoms with Gasteiger partial charge < -0.3 is 9.88 Å². The minimum atomic E-state index is 0.0359. The molecule has 1 heterocycles. The first kappa shape index (κ1) is 40.5. The summed E-state index contributed by atoms with van der Waals surface area (Å²) in [4.78, 5) is 4.12. The first-order chi connectivity index (χ1) is 20.3. The van der Waals surface area contributed by atoms with E-state index in [0.29, 0.717) is 5.92 Å². The summed E-state index contributed by atoms with van der Waals surface area (Å²) >= 11 is 4.51. The fourth-order valence-electron chi connectivity index (χ4n) is 6.56. The van der Waals surface area contributed by atoms with Gasteiger partial charge in [-0.3, -0.25) is 0 Å². The van der Waals surface area contributed by atoms with E-state index < -0.39 is 0 Å². The molecule has 1 aromatic carbocycles. The average molecular weight is 626 g/mol. The predicted octanol–water partition coefficient (Wildman–Crippen LogP) is 11.8. The Morgan fingerprint density at radius 2 is 1.48 bits per heavy atom. The Balaban J connectivity index is 0.00000474. The molecule has 1 aromatic heterocycles. The Morgan fingerprint density at radius 1 is 0.886 bits per heavy atom. The van der Waals surface area contributed by atoms with Crippen molar-refractivity contribution in [1.29, 1.82) is 0 Å². The SMILES string of the molecule is C=C(CCCCNCCCn1ccnc1)C(C)(CC(C)(C)C(C)(C)C(CC(C)(C)C)c1ccc(CS)cc1)C(C)(C)C.CC. The summed E-state index contributed by atoms with van der Waals surface area (Å²) < 4.78 is 2.15. The van der Waals surface area contributed by atoms with Crippen LogP contribution in [0.1, 0.15) is 146 Å². The third-order valence-corrected chi connectivity index (χ3v) is 11.0. The van der Waals surface area contributed by atoms with Crippen molar-refractivity contribution in [3.05, 3.63) is 66.3 Å². The third-order valence-electron chi connectivity index (χ3n) is 10.6. The Hall–Kier alpha value is -1.52. The second-order valence-electron chi connectivity index (χ2n) is 16.5. The zero-order valence-corrected chi connectivity index (χ0v) is 32.1. The van der Waals surface area contributed by atoms with Crippen molar-refractivity contribution < 1.29 is 0 Å². The average Bonchev–Trinajstić information content (AvgIpc) is 3.46. The summed E-state index contributed by atoms with van der Waals surface area (Å²) in [6.07, 6.45) is 12.7. The van der Waals surface area contributed by atoms with Crippen LogP contribution in [0.25, 0.3) is 0 Å². The lowest BCUT2D eigenvalue weighted by atomic mass is 9.49. The molecule has 4 heteroatoms. The highest BCUT2D eigenvalue weighted by atomic mass is 32.1. The number of hydrogen-bond donors (Lipinski definition) is 2. The van der Waals surface area contributed by atoms with Crippen molar-refractivity contribution in [1.82, 2.24) is 14.9 Å². The number of thiol groups is 1.